The Hall–Kier alpha value is -3.13. The zero-order valence-corrected chi connectivity index (χ0v) is 16.4. The molecule has 0 saturated carbocycles. The Morgan fingerprint density at radius 2 is 1.80 bits per heavy atom. The minimum Gasteiger partial charge on any atom is -0.335 e. The van der Waals surface area contributed by atoms with Crippen LogP contribution in [0.25, 0.3) is 11.0 Å². The Labute approximate surface area is 173 Å². The van der Waals surface area contributed by atoms with Crippen molar-refractivity contribution in [3.8, 4) is 0 Å². The largest absolute Gasteiger partial charge is 0.335 e. The summed E-state index contributed by atoms with van der Waals surface area (Å²) in [6.45, 7) is 1.99. The van der Waals surface area contributed by atoms with Crippen LogP contribution in [0.2, 0.25) is 0 Å². The minimum atomic E-state index is -0.668. The summed E-state index contributed by atoms with van der Waals surface area (Å²) < 4.78 is 27.6. The van der Waals surface area contributed by atoms with E-state index in [0.29, 0.717) is 0 Å². The van der Waals surface area contributed by atoms with E-state index in [1.165, 1.54) is 17.0 Å². The molecule has 2 amide bonds. The van der Waals surface area contributed by atoms with E-state index in [1.54, 1.807) is 12.4 Å². The third-order valence-electron chi connectivity index (χ3n) is 5.24. The average molecular weight is 411 g/mol. The van der Waals surface area contributed by atoms with Gasteiger partial charge in [0, 0.05) is 36.6 Å². The molecule has 0 bridgehead atoms. The van der Waals surface area contributed by atoms with Gasteiger partial charge in [0.15, 0.2) is 0 Å². The second kappa shape index (κ2) is 9.13. The summed E-state index contributed by atoms with van der Waals surface area (Å²) in [5.41, 5.74) is 2.60. The number of hydrogen-bond donors (Lipinski definition) is 2. The highest BCUT2D eigenvalue weighted by Gasteiger charge is 2.21. The van der Waals surface area contributed by atoms with Gasteiger partial charge in [0.25, 0.3) is 0 Å². The van der Waals surface area contributed by atoms with E-state index in [1.807, 2.05) is 18.2 Å². The minimum absolute atomic E-state index is 0.0292. The highest BCUT2D eigenvalue weighted by Crippen LogP contribution is 2.18. The molecule has 1 aliphatic heterocycles. The Balaban J connectivity index is 1.56. The van der Waals surface area contributed by atoms with E-state index in [4.69, 9.17) is 0 Å². The van der Waals surface area contributed by atoms with Gasteiger partial charge < -0.3 is 15.5 Å². The Bertz CT molecular complexity index is 1040. The van der Waals surface area contributed by atoms with E-state index in [9.17, 15) is 13.6 Å². The fourth-order valence-corrected chi connectivity index (χ4v) is 3.61. The Kier molecular flexibility index (Phi) is 6.13. The maximum Gasteiger partial charge on any atom is 0.318 e. The van der Waals surface area contributed by atoms with Gasteiger partial charge in [0.05, 0.1) is 17.6 Å². The number of aromatic nitrogens is 2. The third kappa shape index (κ3) is 4.88. The number of amides is 2. The lowest BCUT2D eigenvalue weighted by Gasteiger charge is -2.29. The number of carbonyl (C=O) groups excluding carboxylic acids is 1. The number of halogens is 2. The summed E-state index contributed by atoms with van der Waals surface area (Å²) in [6, 6.07) is 8.81. The molecule has 30 heavy (non-hydrogen) atoms. The lowest BCUT2D eigenvalue weighted by atomic mass is 10.1. The predicted octanol–water partition coefficient (Wildman–Crippen LogP) is 3.37. The van der Waals surface area contributed by atoms with E-state index in [2.05, 4.69) is 20.6 Å². The molecule has 2 N–H and O–H groups in total. The van der Waals surface area contributed by atoms with Crippen LogP contribution in [0, 0.1) is 11.6 Å². The Morgan fingerprint density at radius 3 is 2.57 bits per heavy atom. The highest BCUT2D eigenvalue weighted by molar-refractivity contribution is 5.76. The Morgan fingerprint density at radius 1 is 1.03 bits per heavy atom. The molecule has 0 unspecified atom stereocenters. The second-order valence-corrected chi connectivity index (χ2v) is 7.44. The normalized spacial score (nSPS) is 14.6. The van der Waals surface area contributed by atoms with Crippen LogP contribution in [0.3, 0.4) is 0 Å². The van der Waals surface area contributed by atoms with E-state index >= 15 is 0 Å². The highest BCUT2D eigenvalue weighted by atomic mass is 19.1. The van der Waals surface area contributed by atoms with E-state index < -0.39 is 11.6 Å². The van der Waals surface area contributed by atoms with Crippen LogP contribution in [0.1, 0.15) is 24.0 Å². The van der Waals surface area contributed by atoms with Gasteiger partial charge in [0.1, 0.15) is 11.6 Å². The molecule has 6 nitrogen and oxygen atoms in total. The van der Waals surface area contributed by atoms with Crippen LogP contribution < -0.4 is 10.6 Å². The summed E-state index contributed by atoms with van der Waals surface area (Å²) >= 11 is 0. The number of urea groups is 1. The molecule has 156 valence electrons. The third-order valence-corrected chi connectivity index (χ3v) is 5.24. The lowest BCUT2D eigenvalue weighted by molar-refractivity contribution is 0.184. The molecular weight excluding hydrogens is 388 g/mol. The standard InChI is InChI=1S/C22H23F2N5O/c23-17-3-2-16(19(24)12-17)14-29(22(30)28-18-5-7-25-8-6-18)13-15-1-4-20-21(11-15)27-10-9-26-20/h1-4,9-12,18,25H,5-8,13-14H2,(H,28,30). The molecule has 1 saturated heterocycles. The van der Waals surface area contributed by atoms with E-state index in [0.717, 1.165) is 48.6 Å². The molecule has 2 aromatic carbocycles. The monoisotopic (exact) mass is 411 g/mol. The van der Waals surface area contributed by atoms with Gasteiger partial charge in [-0.05, 0) is 49.7 Å². The first-order valence-corrected chi connectivity index (χ1v) is 9.98. The maximum atomic E-state index is 14.3. The first-order valence-electron chi connectivity index (χ1n) is 9.98. The topological polar surface area (TPSA) is 70.2 Å². The number of carbonyl (C=O) groups is 1. The van der Waals surface area contributed by atoms with Crippen molar-refractivity contribution in [3.05, 3.63) is 71.6 Å². The van der Waals surface area contributed by atoms with Gasteiger partial charge in [-0.25, -0.2) is 13.6 Å². The van der Waals surface area contributed by atoms with Gasteiger partial charge >= 0.3 is 6.03 Å². The first-order chi connectivity index (χ1) is 14.6. The van der Waals surface area contributed by atoms with Gasteiger partial charge in [-0.1, -0.05) is 12.1 Å². The van der Waals surface area contributed by atoms with Crippen molar-refractivity contribution < 1.29 is 13.6 Å². The summed E-state index contributed by atoms with van der Waals surface area (Å²) in [5, 5.41) is 6.31. The zero-order valence-electron chi connectivity index (χ0n) is 16.4. The van der Waals surface area contributed by atoms with Gasteiger partial charge in [-0.2, -0.15) is 0 Å². The van der Waals surface area contributed by atoms with Crippen molar-refractivity contribution in [3.63, 3.8) is 0 Å². The van der Waals surface area contributed by atoms with Crippen LogP contribution >= 0.6 is 0 Å². The summed E-state index contributed by atoms with van der Waals surface area (Å²) in [5.74, 6) is -1.31. The molecule has 2 heterocycles. The summed E-state index contributed by atoms with van der Waals surface area (Å²) in [4.78, 5) is 23.1. The quantitative estimate of drug-likeness (QED) is 0.675. The van der Waals surface area contributed by atoms with Crippen molar-refractivity contribution in [1.82, 2.24) is 25.5 Å². The smallest absolute Gasteiger partial charge is 0.318 e. The van der Waals surface area contributed by atoms with Crippen LogP contribution in [0.5, 0.6) is 0 Å². The van der Waals surface area contributed by atoms with Crippen molar-refractivity contribution in [2.75, 3.05) is 13.1 Å². The van der Waals surface area contributed by atoms with E-state index in [-0.39, 0.29) is 30.7 Å². The summed E-state index contributed by atoms with van der Waals surface area (Å²) in [7, 11) is 0. The molecule has 4 rings (SSSR count). The predicted molar refractivity (Wildman–Crippen MR) is 110 cm³/mol. The number of rotatable bonds is 5. The number of nitrogens with one attached hydrogen (secondary N) is 2. The molecule has 0 aliphatic carbocycles. The fraction of sp³-hybridized carbons (Fsp3) is 0.318. The lowest BCUT2D eigenvalue weighted by Crippen LogP contribution is -2.48. The molecule has 0 spiro atoms. The van der Waals surface area contributed by atoms with Gasteiger partial charge in [-0.15, -0.1) is 0 Å². The molecule has 0 atom stereocenters. The first kappa shape index (κ1) is 20.2. The number of hydrogen-bond acceptors (Lipinski definition) is 4. The molecule has 3 aromatic rings. The average Bonchev–Trinajstić information content (AvgIpc) is 2.75. The molecular formula is C22H23F2N5O. The molecule has 1 aromatic heterocycles. The van der Waals surface area contributed by atoms with Gasteiger partial charge in [0.2, 0.25) is 0 Å². The van der Waals surface area contributed by atoms with Crippen LogP contribution in [-0.4, -0.2) is 40.0 Å². The summed E-state index contributed by atoms with van der Waals surface area (Å²) in [6.07, 6.45) is 4.92. The number of benzene rings is 2. The number of nitrogens with zero attached hydrogens (tertiary/aromatic N) is 3. The van der Waals surface area contributed by atoms with Crippen molar-refractivity contribution in [1.29, 1.82) is 0 Å². The molecule has 1 aliphatic rings. The van der Waals surface area contributed by atoms with Gasteiger partial charge in [-0.3, -0.25) is 9.97 Å². The van der Waals surface area contributed by atoms with Crippen LogP contribution in [-0.2, 0) is 13.1 Å². The molecule has 8 heteroatoms. The van der Waals surface area contributed by atoms with Crippen LogP contribution in [0.15, 0.2) is 48.8 Å². The van der Waals surface area contributed by atoms with Crippen LogP contribution in [0.4, 0.5) is 13.6 Å². The number of fused-ring (bicyclic) bond motifs is 1. The fourth-order valence-electron chi connectivity index (χ4n) is 3.61. The molecule has 0 radical (unpaired) electrons. The molecule has 1 fully saturated rings. The SMILES string of the molecule is O=C(NC1CCNCC1)N(Cc1ccc2nccnc2c1)Cc1ccc(F)cc1F. The van der Waals surface area contributed by atoms with Crippen molar-refractivity contribution in [2.24, 2.45) is 0 Å². The number of piperidine rings is 1. The zero-order chi connectivity index (χ0) is 20.9. The second-order valence-electron chi connectivity index (χ2n) is 7.44. The van der Waals surface area contributed by atoms with Crippen molar-refractivity contribution in [2.45, 2.75) is 32.0 Å². The van der Waals surface area contributed by atoms with Crippen molar-refractivity contribution >= 4 is 17.1 Å². The maximum absolute atomic E-state index is 14.3.